The zero-order valence-corrected chi connectivity index (χ0v) is 8.20. The second-order valence-corrected chi connectivity index (χ2v) is 3.21. The molecule has 0 spiro atoms. The molecule has 15 heavy (non-hydrogen) atoms. The lowest BCUT2D eigenvalue weighted by Crippen LogP contribution is -1.88. The van der Waals surface area contributed by atoms with Gasteiger partial charge in [-0.1, -0.05) is 36.1 Å². The number of fused-ring (bicyclic) bond motifs is 1. The van der Waals surface area contributed by atoms with Crippen LogP contribution >= 0.6 is 0 Å². The summed E-state index contributed by atoms with van der Waals surface area (Å²) in [6.07, 6.45) is 0. The molecular weight excluding hydrogens is 186 g/mol. The third-order valence-corrected chi connectivity index (χ3v) is 2.26. The van der Waals surface area contributed by atoms with E-state index in [1.165, 1.54) is 0 Å². The third kappa shape index (κ3) is 1.78. The molecule has 74 valence electrons. The molecule has 3 N–H and O–H groups in total. The van der Waals surface area contributed by atoms with Crippen LogP contribution in [-0.2, 0) is 0 Å². The maximum absolute atomic E-state index is 8.66. The highest BCUT2D eigenvalue weighted by molar-refractivity contribution is 5.96. The van der Waals surface area contributed by atoms with Crippen molar-refractivity contribution in [3.8, 4) is 11.8 Å². The van der Waals surface area contributed by atoms with Gasteiger partial charge in [-0.25, -0.2) is 0 Å². The van der Waals surface area contributed by atoms with Crippen LogP contribution in [0.3, 0.4) is 0 Å². The first kappa shape index (κ1) is 9.57. The number of rotatable bonds is 0. The highest BCUT2D eigenvalue weighted by Gasteiger charge is 1.99. The molecule has 2 heteroatoms. The van der Waals surface area contributed by atoms with Crippen LogP contribution in [0, 0.1) is 11.8 Å². The Hall–Kier alpha value is -1.98. The molecule has 0 aromatic heterocycles. The van der Waals surface area contributed by atoms with E-state index in [4.69, 9.17) is 10.8 Å². The molecule has 0 fully saturated rings. The summed E-state index contributed by atoms with van der Waals surface area (Å²) < 4.78 is 0. The number of aliphatic hydroxyl groups excluding tert-OH is 1. The molecule has 2 rings (SSSR count). The van der Waals surface area contributed by atoms with Crippen LogP contribution in [0.25, 0.3) is 10.8 Å². The minimum Gasteiger partial charge on any atom is -0.398 e. The van der Waals surface area contributed by atoms with E-state index in [-0.39, 0.29) is 6.61 Å². The van der Waals surface area contributed by atoms with Crippen LogP contribution in [-0.4, -0.2) is 11.7 Å². The molecule has 0 amide bonds. The van der Waals surface area contributed by atoms with E-state index < -0.39 is 0 Å². The van der Waals surface area contributed by atoms with E-state index in [0.717, 1.165) is 22.0 Å². The van der Waals surface area contributed by atoms with Gasteiger partial charge in [0, 0.05) is 16.6 Å². The maximum atomic E-state index is 8.66. The van der Waals surface area contributed by atoms with Crippen molar-refractivity contribution in [3.05, 3.63) is 42.0 Å². The molecule has 0 unspecified atom stereocenters. The lowest BCUT2D eigenvalue weighted by Gasteiger charge is -2.03. The Morgan fingerprint density at radius 3 is 2.60 bits per heavy atom. The van der Waals surface area contributed by atoms with Crippen molar-refractivity contribution < 1.29 is 5.11 Å². The van der Waals surface area contributed by atoms with Crippen LogP contribution in [0.15, 0.2) is 36.4 Å². The maximum Gasteiger partial charge on any atom is 0.104 e. The quantitative estimate of drug-likeness (QED) is 0.499. The predicted octanol–water partition coefficient (Wildman–Crippen LogP) is 1.77. The van der Waals surface area contributed by atoms with Gasteiger partial charge in [-0.15, -0.1) is 0 Å². The molecule has 0 saturated carbocycles. The first-order valence-electron chi connectivity index (χ1n) is 4.70. The Morgan fingerprint density at radius 1 is 1.07 bits per heavy atom. The zero-order valence-electron chi connectivity index (χ0n) is 8.20. The van der Waals surface area contributed by atoms with Gasteiger partial charge in [0.2, 0.25) is 0 Å². The first-order chi connectivity index (χ1) is 7.33. The number of benzene rings is 2. The van der Waals surface area contributed by atoms with E-state index >= 15 is 0 Å². The molecule has 2 aromatic rings. The summed E-state index contributed by atoms with van der Waals surface area (Å²) in [6, 6.07) is 11.6. The third-order valence-electron chi connectivity index (χ3n) is 2.26. The van der Waals surface area contributed by atoms with Gasteiger partial charge in [-0.3, -0.25) is 0 Å². The SMILES string of the molecule is Nc1cccc2c(C#CCO)cccc12. The van der Waals surface area contributed by atoms with Crippen LogP contribution < -0.4 is 5.73 Å². The summed E-state index contributed by atoms with van der Waals surface area (Å²) in [5, 5.41) is 10.7. The van der Waals surface area contributed by atoms with E-state index in [1.54, 1.807) is 0 Å². The molecule has 0 bridgehead atoms. The molecule has 2 aromatic carbocycles. The van der Waals surface area contributed by atoms with Gasteiger partial charge in [-0.05, 0) is 17.5 Å². The summed E-state index contributed by atoms with van der Waals surface area (Å²) in [6.45, 7) is -0.126. The number of aliphatic hydroxyl groups is 1. The minimum absolute atomic E-state index is 0.126. The molecule has 0 radical (unpaired) electrons. The normalized spacial score (nSPS) is 9.67. The van der Waals surface area contributed by atoms with Crippen molar-refractivity contribution in [1.29, 1.82) is 0 Å². The topological polar surface area (TPSA) is 46.2 Å². The molecule has 0 atom stereocenters. The summed E-state index contributed by atoms with van der Waals surface area (Å²) in [5.74, 6) is 5.55. The molecule has 0 aliphatic heterocycles. The van der Waals surface area contributed by atoms with E-state index in [0.29, 0.717) is 0 Å². The second-order valence-electron chi connectivity index (χ2n) is 3.21. The lowest BCUT2D eigenvalue weighted by atomic mass is 10.0. The fraction of sp³-hybridized carbons (Fsp3) is 0.0769. The van der Waals surface area contributed by atoms with Crippen molar-refractivity contribution in [1.82, 2.24) is 0 Å². The lowest BCUT2D eigenvalue weighted by molar-refractivity contribution is 0.350. The average molecular weight is 197 g/mol. The molecule has 0 aliphatic carbocycles. The Bertz CT molecular complexity index is 549. The Labute approximate surface area is 88.3 Å². The summed E-state index contributed by atoms with van der Waals surface area (Å²) in [5.41, 5.74) is 7.50. The standard InChI is InChI=1S/C13H11NO/c14-13-8-2-6-11-10(5-3-9-15)4-1-7-12(11)13/h1-2,4,6-8,15H,9,14H2. The van der Waals surface area contributed by atoms with Crippen LogP contribution in [0.4, 0.5) is 5.69 Å². The highest BCUT2D eigenvalue weighted by atomic mass is 16.2. The number of nitrogen functional groups attached to an aromatic ring is 1. The van der Waals surface area contributed by atoms with Crippen molar-refractivity contribution >= 4 is 16.5 Å². The van der Waals surface area contributed by atoms with Crippen molar-refractivity contribution in [2.75, 3.05) is 12.3 Å². The van der Waals surface area contributed by atoms with Crippen molar-refractivity contribution in [2.45, 2.75) is 0 Å². The van der Waals surface area contributed by atoms with Gasteiger partial charge in [0.05, 0.1) is 0 Å². The molecular formula is C13H11NO. The fourth-order valence-corrected chi connectivity index (χ4v) is 1.58. The molecule has 2 nitrogen and oxygen atoms in total. The van der Waals surface area contributed by atoms with Gasteiger partial charge >= 0.3 is 0 Å². The van der Waals surface area contributed by atoms with E-state index in [1.807, 2.05) is 36.4 Å². The summed E-state index contributed by atoms with van der Waals surface area (Å²) in [4.78, 5) is 0. The average Bonchev–Trinajstić information content (AvgIpc) is 2.27. The molecule has 0 heterocycles. The fourth-order valence-electron chi connectivity index (χ4n) is 1.58. The summed E-state index contributed by atoms with van der Waals surface area (Å²) in [7, 11) is 0. The van der Waals surface area contributed by atoms with Gasteiger partial charge in [0.15, 0.2) is 0 Å². The number of nitrogens with two attached hydrogens (primary N) is 1. The minimum atomic E-state index is -0.126. The Balaban J connectivity index is 2.71. The Kier molecular flexibility index (Phi) is 2.57. The van der Waals surface area contributed by atoms with Crippen LogP contribution in [0.5, 0.6) is 0 Å². The van der Waals surface area contributed by atoms with Crippen LogP contribution in [0.1, 0.15) is 5.56 Å². The number of hydrogen-bond acceptors (Lipinski definition) is 2. The van der Waals surface area contributed by atoms with Crippen molar-refractivity contribution in [3.63, 3.8) is 0 Å². The monoisotopic (exact) mass is 197 g/mol. The second kappa shape index (κ2) is 4.04. The Morgan fingerprint density at radius 2 is 1.80 bits per heavy atom. The van der Waals surface area contributed by atoms with E-state index in [9.17, 15) is 0 Å². The van der Waals surface area contributed by atoms with Gasteiger partial charge in [0.25, 0.3) is 0 Å². The smallest absolute Gasteiger partial charge is 0.104 e. The molecule has 0 saturated heterocycles. The van der Waals surface area contributed by atoms with Gasteiger partial charge < -0.3 is 10.8 Å². The summed E-state index contributed by atoms with van der Waals surface area (Å²) >= 11 is 0. The van der Waals surface area contributed by atoms with Crippen molar-refractivity contribution in [2.24, 2.45) is 0 Å². The first-order valence-corrected chi connectivity index (χ1v) is 4.70. The highest BCUT2D eigenvalue weighted by Crippen LogP contribution is 2.23. The zero-order chi connectivity index (χ0) is 10.7. The molecule has 0 aliphatic rings. The predicted molar refractivity (Wildman–Crippen MR) is 62.3 cm³/mol. The number of hydrogen-bond donors (Lipinski definition) is 2. The van der Waals surface area contributed by atoms with Gasteiger partial charge in [0.1, 0.15) is 6.61 Å². The number of anilines is 1. The van der Waals surface area contributed by atoms with E-state index in [2.05, 4.69) is 11.8 Å². The van der Waals surface area contributed by atoms with Gasteiger partial charge in [-0.2, -0.15) is 0 Å². The largest absolute Gasteiger partial charge is 0.398 e. The van der Waals surface area contributed by atoms with Crippen LogP contribution in [0.2, 0.25) is 0 Å².